The predicted octanol–water partition coefficient (Wildman–Crippen LogP) is 4.81. The maximum atomic E-state index is 10.3. The fraction of sp³-hybridized carbons (Fsp3) is 0.200. The molecule has 0 aliphatic heterocycles. The molecule has 2 unspecified atom stereocenters. The molecule has 7 nitrogen and oxygen atoms in total. The number of rotatable bonds is 10. The van der Waals surface area contributed by atoms with Crippen LogP contribution < -0.4 is 26.4 Å². The van der Waals surface area contributed by atoms with Crippen molar-refractivity contribution in [3.8, 4) is 5.75 Å². The summed E-state index contributed by atoms with van der Waals surface area (Å²) in [5.41, 5.74) is 11.0. The molecule has 0 spiro atoms. The molecule has 174 valence electrons. The van der Waals surface area contributed by atoms with Gasteiger partial charge in [-0.3, -0.25) is 0 Å². The molecule has 2 atom stereocenters. The maximum Gasteiger partial charge on any atom is 0.202 e. The Morgan fingerprint density at radius 2 is 1.58 bits per heavy atom. The molecule has 3 rings (SSSR count). The summed E-state index contributed by atoms with van der Waals surface area (Å²) < 4.78 is 15.0. The number of nitrogens with two attached hydrogens (primary N) is 1. The van der Waals surface area contributed by atoms with Crippen LogP contribution in [-0.4, -0.2) is 23.1 Å². The lowest BCUT2D eigenvalue weighted by Gasteiger charge is -2.19. The molecule has 3 aromatic carbocycles. The summed E-state index contributed by atoms with van der Waals surface area (Å²) in [5, 5.41) is 19.5. The van der Waals surface area contributed by atoms with Crippen molar-refractivity contribution in [2.75, 3.05) is 17.7 Å². The van der Waals surface area contributed by atoms with Crippen molar-refractivity contribution in [1.82, 2.24) is 5.32 Å². The number of hydrogen-bond acceptors (Lipinski definition) is 8. The third-order valence-corrected chi connectivity index (χ3v) is 5.58. The van der Waals surface area contributed by atoms with Gasteiger partial charge in [0.1, 0.15) is 5.75 Å². The number of hydrogen-bond donors (Lipinski definition) is 6. The Hall–Kier alpha value is -3.17. The van der Waals surface area contributed by atoms with Gasteiger partial charge in [-0.15, -0.1) is 0 Å². The zero-order valence-corrected chi connectivity index (χ0v) is 19.7. The van der Waals surface area contributed by atoms with Crippen molar-refractivity contribution < 1.29 is 14.4 Å². The van der Waals surface area contributed by atoms with Crippen LogP contribution in [-0.2, 0) is 0 Å². The number of aliphatic hydroxyl groups is 1. The number of likely N-dealkylation sites (N-methyl/N-ethyl adjacent to an activating group) is 1. The highest BCUT2D eigenvalue weighted by Crippen LogP contribution is 2.25. The Labute approximate surface area is 198 Å². The number of anilines is 2. The lowest BCUT2D eigenvalue weighted by atomic mass is 9.96. The highest BCUT2D eigenvalue weighted by Gasteiger charge is 2.13. The summed E-state index contributed by atoms with van der Waals surface area (Å²) in [6, 6.07) is 20.3. The quantitative estimate of drug-likeness (QED) is 0.143. The molecule has 0 heterocycles. The third kappa shape index (κ3) is 6.90. The van der Waals surface area contributed by atoms with Gasteiger partial charge in [0.05, 0.1) is 6.04 Å². The molecule has 0 fully saturated rings. The fourth-order valence-corrected chi connectivity index (χ4v) is 3.93. The van der Waals surface area contributed by atoms with Gasteiger partial charge in [0.15, 0.2) is 5.88 Å². The van der Waals surface area contributed by atoms with E-state index in [1.807, 2.05) is 31.3 Å². The van der Waals surface area contributed by atoms with Gasteiger partial charge in [-0.1, -0.05) is 30.3 Å². The molecule has 7 N–H and O–H groups in total. The second-order valence-corrected chi connectivity index (χ2v) is 8.24. The van der Waals surface area contributed by atoms with Crippen LogP contribution in [0.25, 0.3) is 0 Å². The minimum Gasteiger partial charge on any atom is -0.442 e. The Kier molecular flexibility index (Phi) is 8.62. The van der Waals surface area contributed by atoms with Gasteiger partial charge in [0, 0.05) is 34.4 Å². The van der Waals surface area contributed by atoms with Gasteiger partial charge in [-0.05, 0) is 74.0 Å². The van der Waals surface area contributed by atoms with Gasteiger partial charge in [0.25, 0.3) is 0 Å². The standard InChI is InChI=1S/C25H30N4O3S/c1-16-7-4-8-17(2)24(16)22(27-3)15-23(26)32-20-11-5-9-18(13-20)28-25(30)29-19-10-6-12-21(14-19)33-31/h4-15,22,25,27-31H,26H2,1-3H3/b23-15+. The van der Waals surface area contributed by atoms with Crippen LogP contribution in [0.15, 0.2) is 83.6 Å². The molecule has 8 heteroatoms. The van der Waals surface area contributed by atoms with Gasteiger partial charge in [0.2, 0.25) is 6.35 Å². The summed E-state index contributed by atoms with van der Waals surface area (Å²) in [4.78, 5) is 0.672. The molecule has 0 aromatic heterocycles. The molecule has 33 heavy (non-hydrogen) atoms. The lowest BCUT2D eigenvalue weighted by Crippen LogP contribution is -2.27. The van der Waals surface area contributed by atoms with Crippen molar-refractivity contribution in [1.29, 1.82) is 0 Å². The average molecular weight is 467 g/mol. The molecule has 0 saturated heterocycles. The summed E-state index contributed by atoms with van der Waals surface area (Å²) in [5.74, 6) is 0.808. The van der Waals surface area contributed by atoms with Crippen LogP contribution in [0.3, 0.4) is 0 Å². The van der Waals surface area contributed by atoms with Gasteiger partial charge >= 0.3 is 0 Å². The smallest absolute Gasteiger partial charge is 0.202 e. The Balaban J connectivity index is 1.67. The van der Waals surface area contributed by atoms with E-state index in [1.54, 1.807) is 36.4 Å². The monoisotopic (exact) mass is 466 g/mol. The summed E-state index contributed by atoms with van der Waals surface area (Å²) in [6.45, 7) is 4.15. The molecule has 0 bridgehead atoms. The van der Waals surface area contributed by atoms with E-state index in [-0.39, 0.29) is 11.9 Å². The van der Waals surface area contributed by atoms with Crippen LogP contribution in [0.2, 0.25) is 0 Å². The minimum atomic E-state index is -1.05. The Morgan fingerprint density at radius 1 is 0.970 bits per heavy atom. The van der Waals surface area contributed by atoms with Crippen LogP contribution in [0.4, 0.5) is 11.4 Å². The zero-order chi connectivity index (χ0) is 23.8. The van der Waals surface area contributed by atoms with Crippen LogP contribution in [0.5, 0.6) is 5.75 Å². The topological polar surface area (TPSA) is 112 Å². The first-order chi connectivity index (χ1) is 15.9. The summed E-state index contributed by atoms with van der Waals surface area (Å²) >= 11 is 0.647. The van der Waals surface area contributed by atoms with Crippen molar-refractivity contribution in [2.45, 2.75) is 31.1 Å². The van der Waals surface area contributed by atoms with E-state index < -0.39 is 6.35 Å². The van der Waals surface area contributed by atoms with E-state index in [9.17, 15) is 9.66 Å². The van der Waals surface area contributed by atoms with Crippen LogP contribution >= 0.6 is 12.0 Å². The summed E-state index contributed by atoms with van der Waals surface area (Å²) in [6.07, 6.45) is 0.794. The molecule has 0 radical (unpaired) electrons. The number of nitrogens with one attached hydrogen (secondary N) is 3. The second-order valence-electron chi connectivity index (χ2n) is 7.58. The van der Waals surface area contributed by atoms with E-state index >= 15 is 0 Å². The first-order valence-corrected chi connectivity index (χ1v) is 11.3. The number of benzene rings is 3. The minimum absolute atomic E-state index is 0.0913. The van der Waals surface area contributed by atoms with E-state index in [0.29, 0.717) is 34.1 Å². The van der Waals surface area contributed by atoms with E-state index in [4.69, 9.17) is 10.5 Å². The summed E-state index contributed by atoms with van der Waals surface area (Å²) in [7, 11) is 1.88. The molecule has 3 aromatic rings. The van der Waals surface area contributed by atoms with Gasteiger partial charge in [-0.2, -0.15) is 0 Å². The van der Waals surface area contributed by atoms with Crippen molar-refractivity contribution >= 4 is 23.4 Å². The van der Waals surface area contributed by atoms with Crippen LogP contribution in [0, 0.1) is 13.8 Å². The predicted molar refractivity (Wildman–Crippen MR) is 135 cm³/mol. The van der Waals surface area contributed by atoms with E-state index in [1.165, 1.54) is 16.7 Å². The first kappa shape index (κ1) is 24.5. The molecule has 0 amide bonds. The average Bonchev–Trinajstić information content (AvgIpc) is 2.78. The zero-order valence-electron chi connectivity index (χ0n) is 18.9. The highest BCUT2D eigenvalue weighted by atomic mass is 32.2. The molecule has 0 saturated carbocycles. The van der Waals surface area contributed by atoms with Crippen molar-refractivity contribution in [3.05, 3.63) is 95.4 Å². The molecular formula is C25H30N4O3S. The van der Waals surface area contributed by atoms with E-state index in [0.717, 1.165) is 0 Å². The number of aryl methyl sites for hydroxylation is 2. The van der Waals surface area contributed by atoms with E-state index in [2.05, 4.69) is 41.9 Å². The van der Waals surface area contributed by atoms with Crippen molar-refractivity contribution in [2.24, 2.45) is 5.73 Å². The molecular weight excluding hydrogens is 436 g/mol. The first-order valence-electron chi connectivity index (χ1n) is 10.5. The van der Waals surface area contributed by atoms with Gasteiger partial charge in [-0.25, -0.2) is 0 Å². The van der Waals surface area contributed by atoms with Gasteiger partial charge < -0.3 is 36.1 Å². The fourth-order valence-electron chi connectivity index (χ4n) is 3.61. The SMILES string of the molecule is CNC(/C=C(\N)Oc1cccc(NC(O)Nc2cccc(SO)c2)c1)c1c(C)cccc1C. The number of aliphatic hydroxyl groups excluding tert-OH is 1. The lowest BCUT2D eigenvalue weighted by molar-refractivity contribution is 0.233. The largest absolute Gasteiger partial charge is 0.442 e. The highest BCUT2D eigenvalue weighted by molar-refractivity contribution is 7.93. The third-order valence-electron chi connectivity index (χ3n) is 5.11. The normalized spacial score (nSPS) is 13.3. The van der Waals surface area contributed by atoms with Crippen LogP contribution in [0.1, 0.15) is 22.7 Å². The van der Waals surface area contributed by atoms with Crippen molar-refractivity contribution in [3.63, 3.8) is 0 Å². The molecule has 0 aliphatic carbocycles. The Morgan fingerprint density at radius 3 is 2.21 bits per heavy atom. The maximum absolute atomic E-state index is 10.3. The molecule has 0 aliphatic rings. The number of ether oxygens (including phenoxy) is 1. The second kappa shape index (κ2) is 11.6. The Bertz CT molecular complexity index is 1090.